The normalized spacial score (nSPS) is 12.6. The van der Waals surface area contributed by atoms with Crippen LogP contribution in [0.25, 0.3) is 11.5 Å². The van der Waals surface area contributed by atoms with E-state index in [0.29, 0.717) is 6.61 Å². The van der Waals surface area contributed by atoms with Gasteiger partial charge in [0.1, 0.15) is 5.75 Å². The molecule has 6 nitrogen and oxygen atoms in total. The summed E-state index contributed by atoms with van der Waals surface area (Å²) in [5.74, 6) is 0.263. The Hall–Kier alpha value is -2.06. The summed E-state index contributed by atoms with van der Waals surface area (Å²) in [5.41, 5.74) is 6.11. The Morgan fingerprint density at radius 2 is 2.10 bits per heavy atom. The topological polar surface area (TPSA) is 83.4 Å². The molecule has 1 atom stereocenters. The van der Waals surface area contributed by atoms with Gasteiger partial charge in [0.2, 0.25) is 0 Å². The van der Waals surface area contributed by atoms with Crippen LogP contribution >= 0.6 is 0 Å². The average Bonchev–Trinajstić information content (AvgIpc) is 2.94. The van der Waals surface area contributed by atoms with Crippen molar-refractivity contribution in [3.8, 4) is 17.2 Å². The van der Waals surface area contributed by atoms with E-state index in [1.807, 2.05) is 6.92 Å². The Kier molecular flexibility index (Phi) is 5.18. The third kappa shape index (κ3) is 3.96. The summed E-state index contributed by atoms with van der Waals surface area (Å²) >= 11 is 0. The molecule has 1 heterocycles. The summed E-state index contributed by atoms with van der Waals surface area (Å²) in [4.78, 5) is 4.09. The van der Waals surface area contributed by atoms with Crippen molar-refractivity contribution in [2.45, 2.75) is 19.6 Å². The molecule has 0 aliphatic carbocycles. The number of ether oxygens (including phenoxy) is 2. The van der Waals surface area contributed by atoms with Crippen molar-refractivity contribution in [1.29, 1.82) is 0 Å². The molecule has 0 amide bonds. The maximum absolute atomic E-state index is 12.4. The number of nitrogens with two attached hydrogens (primary N) is 1. The molecule has 1 aromatic carbocycles. The number of benzene rings is 1. The maximum atomic E-state index is 12.4. The fourth-order valence-electron chi connectivity index (χ4n) is 1.66. The van der Waals surface area contributed by atoms with Crippen LogP contribution in [-0.4, -0.2) is 30.0 Å². The Balaban J connectivity index is 2.21. The second kappa shape index (κ2) is 7.09. The first-order chi connectivity index (χ1) is 10.1. The SMILES string of the molecule is CCOCC(N)c1noc(-c2ccccc2OC(F)F)n1. The molecule has 2 N–H and O–H groups in total. The number of hydrogen-bond donors (Lipinski definition) is 1. The summed E-state index contributed by atoms with van der Waals surface area (Å²) in [5, 5.41) is 3.73. The molecular formula is C13H15F2N3O3. The third-order valence-electron chi connectivity index (χ3n) is 2.61. The largest absolute Gasteiger partial charge is 0.434 e. The fraction of sp³-hybridized carbons (Fsp3) is 0.385. The molecule has 0 spiro atoms. The first kappa shape index (κ1) is 15.3. The fourth-order valence-corrected chi connectivity index (χ4v) is 1.66. The molecule has 2 aromatic rings. The van der Waals surface area contributed by atoms with Gasteiger partial charge in [0.25, 0.3) is 5.89 Å². The highest BCUT2D eigenvalue weighted by atomic mass is 19.3. The number of rotatable bonds is 7. The van der Waals surface area contributed by atoms with E-state index in [1.54, 1.807) is 18.2 Å². The van der Waals surface area contributed by atoms with E-state index in [9.17, 15) is 8.78 Å². The highest BCUT2D eigenvalue weighted by molar-refractivity contribution is 5.62. The van der Waals surface area contributed by atoms with Gasteiger partial charge in [-0.15, -0.1) is 0 Å². The molecule has 0 saturated heterocycles. The predicted octanol–water partition coefficient (Wildman–Crippen LogP) is 2.37. The third-order valence-corrected chi connectivity index (χ3v) is 2.61. The molecule has 0 saturated carbocycles. The zero-order valence-corrected chi connectivity index (χ0v) is 11.3. The van der Waals surface area contributed by atoms with Crippen LogP contribution in [0.3, 0.4) is 0 Å². The number of hydrogen-bond acceptors (Lipinski definition) is 6. The monoisotopic (exact) mass is 299 g/mol. The minimum atomic E-state index is -2.94. The Bertz CT molecular complexity index is 577. The molecule has 0 fully saturated rings. The van der Waals surface area contributed by atoms with Gasteiger partial charge in [-0.3, -0.25) is 0 Å². The van der Waals surface area contributed by atoms with E-state index < -0.39 is 12.7 Å². The summed E-state index contributed by atoms with van der Waals surface area (Å²) in [7, 11) is 0. The Labute approximate surface area is 119 Å². The van der Waals surface area contributed by atoms with Crippen LogP contribution in [0.4, 0.5) is 8.78 Å². The van der Waals surface area contributed by atoms with Gasteiger partial charge in [0.05, 0.1) is 18.2 Å². The highest BCUT2D eigenvalue weighted by Gasteiger charge is 2.19. The van der Waals surface area contributed by atoms with Crippen LogP contribution in [-0.2, 0) is 4.74 Å². The summed E-state index contributed by atoms with van der Waals surface area (Å²) in [6.07, 6.45) is 0. The van der Waals surface area contributed by atoms with Crippen molar-refractivity contribution >= 4 is 0 Å². The van der Waals surface area contributed by atoms with E-state index in [0.717, 1.165) is 0 Å². The van der Waals surface area contributed by atoms with Gasteiger partial charge >= 0.3 is 6.61 Å². The van der Waals surface area contributed by atoms with Crippen molar-refractivity contribution in [3.63, 3.8) is 0 Å². The van der Waals surface area contributed by atoms with Crippen LogP contribution in [0.5, 0.6) is 5.75 Å². The quantitative estimate of drug-likeness (QED) is 0.845. The van der Waals surface area contributed by atoms with Gasteiger partial charge in [0.15, 0.2) is 5.82 Å². The smallest absolute Gasteiger partial charge is 0.387 e. The molecule has 1 unspecified atom stereocenters. The molecule has 0 radical (unpaired) electrons. The predicted molar refractivity (Wildman–Crippen MR) is 69.8 cm³/mol. The minimum Gasteiger partial charge on any atom is -0.434 e. The molecule has 21 heavy (non-hydrogen) atoms. The summed E-state index contributed by atoms with van der Waals surface area (Å²) in [6, 6.07) is 5.61. The molecule has 2 rings (SSSR count). The number of nitrogens with zero attached hydrogens (tertiary/aromatic N) is 2. The standard InChI is InChI=1S/C13H15F2N3O3/c1-2-19-7-9(16)11-17-12(21-18-11)8-5-3-4-6-10(8)20-13(14)15/h3-6,9,13H,2,7,16H2,1H3. The van der Waals surface area contributed by atoms with E-state index in [4.69, 9.17) is 15.0 Å². The van der Waals surface area contributed by atoms with Crippen LogP contribution in [0.1, 0.15) is 18.8 Å². The zero-order chi connectivity index (χ0) is 15.2. The Morgan fingerprint density at radius 3 is 2.81 bits per heavy atom. The number of para-hydroxylation sites is 1. The molecule has 0 aliphatic rings. The summed E-state index contributed by atoms with van der Waals surface area (Å²) < 4.78 is 39.4. The molecule has 114 valence electrons. The van der Waals surface area contributed by atoms with Gasteiger partial charge in [-0.25, -0.2) is 0 Å². The number of alkyl halides is 2. The average molecular weight is 299 g/mol. The highest BCUT2D eigenvalue weighted by Crippen LogP contribution is 2.30. The molecule has 1 aromatic heterocycles. The van der Waals surface area contributed by atoms with Crippen molar-refractivity contribution in [2.75, 3.05) is 13.2 Å². The van der Waals surface area contributed by atoms with Crippen LogP contribution < -0.4 is 10.5 Å². The van der Waals surface area contributed by atoms with Crippen molar-refractivity contribution in [3.05, 3.63) is 30.1 Å². The second-order valence-electron chi connectivity index (χ2n) is 4.10. The van der Waals surface area contributed by atoms with Crippen LogP contribution in [0, 0.1) is 0 Å². The minimum absolute atomic E-state index is 0.0407. The van der Waals surface area contributed by atoms with Crippen molar-refractivity contribution < 1.29 is 22.8 Å². The number of aromatic nitrogens is 2. The van der Waals surface area contributed by atoms with Gasteiger partial charge in [-0.1, -0.05) is 17.3 Å². The van der Waals surface area contributed by atoms with Gasteiger partial charge in [-0.05, 0) is 19.1 Å². The second-order valence-corrected chi connectivity index (χ2v) is 4.10. The van der Waals surface area contributed by atoms with Gasteiger partial charge in [-0.2, -0.15) is 13.8 Å². The van der Waals surface area contributed by atoms with Gasteiger partial charge in [0, 0.05) is 6.61 Å². The lowest BCUT2D eigenvalue weighted by Gasteiger charge is -2.07. The van der Waals surface area contributed by atoms with Crippen LogP contribution in [0.15, 0.2) is 28.8 Å². The summed E-state index contributed by atoms with van der Waals surface area (Å²) in [6.45, 7) is -0.339. The van der Waals surface area contributed by atoms with E-state index in [2.05, 4.69) is 14.9 Å². The lowest BCUT2D eigenvalue weighted by molar-refractivity contribution is -0.0495. The van der Waals surface area contributed by atoms with Crippen molar-refractivity contribution in [1.82, 2.24) is 10.1 Å². The van der Waals surface area contributed by atoms with E-state index in [-0.39, 0.29) is 29.6 Å². The first-order valence-electron chi connectivity index (χ1n) is 6.33. The molecule has 8 heteroatoms. The zero-order valence-electron chi connectivity index (χ0n) is 11.3. The number of halogens is 2. The van der Waals surface area contributed by atoms with E-state index in [1.165, 1.54) is 6.07 Å². The van der Waals surface area contributed by atoms with Gasteiger partial charge < -0.3 is 19.7 Å². The lowest BCUT2D eigenvalue weighted by Crippen LogP contribution is -2.18. The van der Waals surface area contributed by atoms with Crippen LogP contribution in [0.2, 0.25) is 0 Å². The molecule has 0 bridgehead atoms. The molecular weight excluding hydrogens is 284 g/mol. The van der Waals surface area contributed by atoms with E-state index >= 15 is 0 Å². The molecule has 0 aliphatic heterocycles. The Morgan fingerprint density at radius 1 is 1.33 bits per heavy atom. The first-order valence-corrected chi connectivity index (χ1v) is 6.33. The maximum Gasteiger partial charge on any atom is 0.387 e. The van der Waals surface area contributed by atoms with Crippen molar-refractivity contribution in [2.24, 2.45) is 5.73 Å². The lowest BCUT2D eigenvalue weighted by atomic mass is 10.2.